The molecule has 1 atom stereocenters. The van der Waals surface area contributed by atoms with Crippen molar-refractivity contribution in [3.05, 3.63) is 29.3 Å². The molecule has 0 saturated carbocycles. The van der Waals surface area contributed by atoms with Gasteiger partial charge in [0.2, 0.25) is 11.8 Å². The van der Waals surface area contributed by atoms with Gasteiger partial charge in [-0.2, -0.15) is 0 Å². The molecule has 4 N–H and O–H groups in total. The number of hydrogen-bond donors (Lipinski definition) is 3. The molecule has 2 amide bonds. The van der Waals surface area contributed by atoms with Gasteiger partial charge in [0.25, 0.3) is 0 Å². The molecule has 0 radical (unpaired) electrons. The second-order valence-electron chi connectivity index (χ2n) is 6.21. The van der Waals surface area contributed by atoms with Gasteiger partial charge in [-0.1, -0.05) is 25.0 Å². The molecule has 1 unspecified atom stereocenters. The Labute approximate surface area is 150 Å². The van der Waals surface area contributed by atoms with Crippen molar-refractivity contribution in [1.82, 2.24) is 5.32 Å². The fourth-order valence-electron chi connectivity index (χ4n) is 2.85. The summed E-state index contributed by atoms with van der Waals surface area (Å²) in [6, 6.07) is 5.96. The first-order chi connectivity index (χ1) is 11.1. The maximum absolute atomic E-state index is 12.0. The smallest absolute Gasteiger partial charge is 0.224 e. The lowest BCUT2D eigenvalue weighted by molar-refractivity contribution is -0.121. The SMILES string of the molecule is CC(NC(=O)CCCCCCN)c1ccc2c(c1)CCC(=O)N2.Cl. The molecule has 0 spiro atoms. The molecule has 1 heterocycles. The standard InChI is InChI=1S/C18H27N3O2.ClH/c1-13(20-17(22)6-4-2-3-5-11-19)14-7-9-16-15(12-14)8-10-18(23)21-16;/h7,9,12-13H,2-6,8,10-11,19H2,1H3,(H,20,22)(H,21,23);1H. The van der Waals surface area contributed by atoms with Crippen LogP contribution in [0.4, 0.5) is 5.69 Å². The summed E-state index contributed by atoms with van der Waals surface area (Å²) in [7, 11) is 0. The van der Waals surface area contributed by atoms with Gasteiger partial charge >= 0.3 is 0 Å². The van der Waals surface area contributed by atoms with Gasteiger partial charge in [-0.05, 0) is 49.9 Å². The molecule has 0 aliphatic carbocycles. The molecule has 134 valence electrons. The Hall–Kier alpha value is -1.59. The van der Waals surface area contributed by atoms with E-state index in [1.54, 1.807) is 0 Å². The largest absolute Gasteiger partial charge is 0.350 e. The highest BCUT2D eigenvalue weighted by Gasteiger charge is 2.17. The summed E-state index contributed by atoms with van der Waals surface area (Å²) < 4.78 is 0. The summed E-state index contributed by atoms with van der Waals surface area (Å²) in [6.45, 7) is 2.72. The van der Waals surface area contributed by atoms with Crippen LogP contribution in [0.2, 0.25) is 0 Å². The zero-order valence-electron chi connectivity index (χ0n) is 14.3. The summed E-state index contributed by atoms with van der Waals surface area (Å²) >= 11 is 0. The van der Waals surface area contributed by atoms with Crippen LogP contribution in [0.15, 0.2) is 18.2 Å². The molecule has 6 heteroatoms. The van der Waals surface area contributed by atoms with Crippen molar-refractivity contribution in [1.29, 1.82) is 0 Å². The number of carbonyl (C=O) groups excluding carboxylic acids is 2. The third kappa shape index (κ3) is 6.13. The lowest BCUT2D eigenvalue weighted by atomic mass is 9.97. The first-order valence-electron chi connectivity index (χ1n) is 8.52. The Morgan fingerprint density at radius 1 is 1.25 bits per heavy atom. The van der Waals surface area contributed by atoms with Crippen LogP contribution < -0.4 is 16.4 Å². The first kappa shape index (κ1) is 20.5. The summed E-state index contributed by atoms with van der Waals surface area (Å²) in [5, 5.41) is 5.93. The van der Waals surface area contributed by atoms with Gasteiger partial charge in [0, 0.05) is 18.5 Å². The number of aryl methyl sites for hydroxylation is 1. The van der Waals surface area contributed by atoms with E-state index in [0.717, 1.165) is 55.5 Å². The summed E-state index contributed by atoms with van der Waals surface area (Å²) in [6.07, 6.45) is 5.94. The van der Waals surface area contributed by atoms with Crippen molar-refractivity contribution in [3.8, 4) is 0 Å². The first-order valence-corrected chi connectivity index (χ1v) is 8.52. The van der Waals surface area contributed by atoms with Gasteiger partial charge in [0.15, 0.2) is 0 Å². The maximum atomic E-state index is 12.0. The molecule has 1 aromatic rings. The van der Waals surface area contributed by atoms with Crippen molar-refractivity contribution in [2.24, 2.45) is 5.73 Å². The summed E-state index contributed by atoms with van der Waals surface area (Å²) in [5.41, 5.74) is 8.57. The van der Waals surface area contributed by atoms with E-state index in [1.807, 2.05) is 19.1 Å². The number of hydrogen-bond acceptors (Lipinski definition) is 3. The zero-order valence-corrected chi connectivity index (χ0v) is 15.1. The van der Waals surface area contributed by atoms with Gasteiger partial charge in [0.05, 0.1) is 6.04 Å². The Balaban J connectivity index is 0.00000288. The van der Waals surface area contributed by atoms with Crippen molar-refractivity contribution in [2.45, 2.75) is 57.9 Å². The number of rotatable bonds is 8. The van der Waals surface area contributed by atoms with E-state index in [9.17, 15) is 9.59 Å². The molecule has 0 saturated heterocycles. The monoisotopic (exact) mass is 353 g/mol. The van der Waals surface area contributed by atoms with E-state index >= 15 is 0 Å². The van der Waals surface area contributed by atoms with E-state index in [2.05, 4.69) is 16.7 Å². The molecule has 0 aromatic heterocycles. The van der Waals surface area contributed by atoms with Crippen molar-refractivity contribution < 1.29 is 9.59 Å². The van der Waals surface area contributed by atoms with Crippen LogP contribution in [0.3, 0.4) is 0 Å². The van der Waals surface area contributed by atoms with Crippen LogP contribution in [0.1, 0.15) is 62.6 Å². The predicted octanol–water partition coefficient (Wildman–Crippen LogP) is 3.08. The van der Waals surface area contributed by atoms with E-state index in [-0.39, 0.29) is 30.3 Å². The third-order valence-electron chi connectivity index (χ3n) is 4.26. The van der Waals surface area contributed by atoms with Gasteiger partial charge in [-0.15, -0.1) is 12.4 Å². The lowest BCUT2D eigenvalue weighted by Gasteiger charge is -2.20. The zero-order chi connectivity index (χ0) is 16.7. The van der Waals surface area contributed by atoms with Crippen LogP contribution >= 0.6 is 12.4 Å². The normalized spacial score (nSPS) is 14.2. The quantitative estimate of drug-likeness (QED) is 0.628. The van der Waals surface area contributed by atoms with Crippen molar-refractivity contribution in [2.75, 3.05) is 11.9 Å². The molecular formula is C18H28ClN3O2. The average Bonchev–Trinajstić information content (AvgIpc) is 2.54. The molecule has 5 nitrogen and oxygen atoms in total. The minimum atomic E-state index is -0.0190. The minimum absolute atomic E-state index is 0. The number of fused-ring (bicyclic) bond motifs is 1. The number of amides is 2. The summed E-state index contributed by atoms with van der Waals surface area (Å²) in [5.74, 6) is 0.164. The Morgan fingerprint density at radius 3 is 2.75 bits per heavy atom. The fourth-order valence-corrected chi connectivity index (χ4v) is 2.85. The number of halogens is 1. The Morgan fingerprint density at radius 2 is 2.00 bits per heavy atom. The van der Waals surface area contributed by atoms with E-state index < -0.39 is 0 Å². The highest BCUT2D eigenvalue weighted by atomic mass is 35.5. The van der Waals surface area contributed by atoms with Crippen LogP contribution in [0, 0.1) is 0 Å². The van der Waals surface area contributed by atoms with Gasteiger partial charge in [0.1, 0.15) is 0 Å². The third-order valence-corrected chi connectivity index (χ3v) is 4.26. The molecular weight excluding hydrogens is 326 g/mol. The highest BCUT2D eigenvalue weighted by Crippen LogP contribution is 2.26. The number of nitrogens with two attached hydrogens (primary N) is 1. The van der Waals surface area contributed by atoms with Gasteiger partial charge in [-0.3, -0.25) is 9.59 Å². The summed E-state index contributed by atoms with van der Waals surface area (Å²) in [4.78, 5) is 23.4. The number of benzene rings is 1. The van der Waals surface area contributed by atoms with Crippen LogP contribution in [0.25, 0.3) is 0 Å². The maximum Gasteiger partial charge on any atom is 0.224 e. The second-order valence-corrected chi connectivity index (χ2v) is 6.21. The van der Waals surface area contributed by atoms with Crippen LogP contribution in [-0.2, 0) is 16.0 Å². The highest BCUT2D eigenvalue weighted by molar-refractivity contribution is 5.93. The fraction of sp³-hybridized carbons (Fsp3) is 0.556. The number of nitrogens with one attached hydrogen (secondary N) is 2. The molecule has 0 fully saturated rings. The lowest BCUT2D eigenvalue weighted by Crippen LogP contribution is -2.26. The molecule has 24 heavy (non-hydrogen) atoms. The van der Waals surface area contributed by atoms with Crippen molar-refractivity contribution >= 4 is 29.9 Å². The number of anilines is 1. The predicted molar refractivity (Wildman–Crippen MR) is 99.3 cm³/mol. The molecule has 0 bridgehead atoms. The van der Waals surface area contributed by atoms with Gasteiger partial charge in [-0.25, -0.2) is 0 Å². The van der Waals surface area contributed by atoms with Crippen LogP contribution in [0.5, 0.6) is 0 Å². The van der Waals surface area contributed by atoms with Gasteiger partial charge < -0.3 is 16.4 Å². The molecule has 2 rings (SSSR count). The van der Waals surface area contributed by atoms with E-state index in [0.29, 0.717) is 12.8 Å². The second kappa shape index (κ2) is 10.3. The number of unbranched alkanes of at least 4 members (excludes halogenated alkanes) is 3. The van der Waals surface area contributed by atoms with Crippen molar-refractivity contribution in [3.63, 3.8) is 0 Å². The Kier molecular flexibility index (Phi) is 8.79. The van der Waals surface area contributed by atoms with Crippen LogP contribution in [-0.4, -0.2) is 18.4 Å². The van der Waals surface area contributed by atoms with E-state index in [1.165, 1.54) is 0 Å². The average molecular weight is 354 g/mol. The molecule has 1 aromatic carbocycles. The van der Waals surface area contributed by atoms with E-state index in [4.69, 9.17) is 5.73 Å². The number of carbonyl (C=O) groups is 2. The molecule has 1 aliphatic heterocycles. The minimum Gasteiger partial charge on any atom is -0.350 e. The Bertz CT molecular complexity index is 563. The molecule has 1 aliphatic rings. The topological polar surface area (TPSA) is 84.2 Å².